The molecule has 47 heavy (non-hydrogen) atoms. The average Bonchev–Trinajstić information content (AvgIpc) is 3.46. The zero-order valence-electron chi connectivity index (χ0n) is 25.4. The number of benzene rings is 4. The molecule has 4 aromatic carbocycles. The van der Waals surface area contributed by atoms with Crippen molar-refractivity contribution in [1.29, 1.82) is 0 Å². The molecule has 1 aliphatic heterocycles. The van der Waals surface area contributed by atoms with Crippen LogP contribution in [0.25, 0.3) is 10.4 Å². The summed E-state index contributed by atoms with van der Waals surface area (Å²) in [6.07, 6.45) is -0.513. The molecule has 0 fully saturated rings. The van der Waals surface area contributed by atoms with Crippen molar-refractivity contribution in [3.63, 3.8) is 0 Å². The molecule has 1 amide bonds. The van der Waals surface area contributed by atoms with Crippen LogP contribution in [0.4, 0.5) is 5.69 Å². The standard InChI is InChI=1S/C34H32Cl2N6O5/c1-45-26-12-7-22(8-13-26)21-38-41-33(44)34(20-24-5-2-3-6-30(24)40-42-37)31(28-16-11-25(35)19-29(28)36)47-32(39-34)23-9-14-27(15-10-23)46-18-4-17-43/h2-3,5-16,19,31,38,43H,4,17-18,20-21H2,1H3,(H,41,44)/t31-,34-/m0/s1. The Hall–Kier alpha value is -4.77. The summed E-state index contributed by atoms with van der Waals surface area (Å²) >= 11 is 13.0. The third-order valence-electron chi connectivity index (χ3n) is 7.53. The fraction of sp³-hybridized carbons (Fsp3) is 0.235. The van der Waals surface area contributed by atoms with Crippen molar-refractivity contribution in [3.05, 3.63) is 134 Å². The van der Waals surface area contributed by atoms with Gasteiger partial charge >= 0.3 is 0 Å². The number of azide groups is 1. The van der Waals surface area contributed by atoms with Crippen molar-refractivity contribution in [2.45, 2.75) is 31.0 Å². The number of carbonyl (C=O) groups is 1. The van der Waals surface area contributed by atoms with Crippen molar-refractivity contribution in [2.24, 2.45) is 10.1 Å². The third kappa shape index (κ3) is 7.97. The molecule has 0 unspecified atom stereocenters. The quantitative estimate of drug-likeness (QED) is 0.0430. The Bertz CT molecular complexity index is 1780. The Morgan fingerprint density at radius 3 is 2.51 bits per heavy atom. The smallest absolute Gasteiger partial charge is 0.266 e. The van der Waals surface area contributed by atoms with E-state index in [0.717, 1.165) is 5.56 Å². The van der Waals surface area contributed by atoms with E-state index in [-0.39, 0.29) is 18.9 Å². The second-order valence-electron chi connectivity index (χ2n) is 10.6. The van der Waals surface area contributed by atoms with Gasteiger partial charge in [0.1, 0.15) is 11.5 Å². The van der Waals surface area contributed by atoms with Crippen LogP contribution in [0.15, 0.2) is 101 Å². The number of halogens is 2. The fourth-order valence-electron chi connectivity index (χ4n) is 5.15. The van der Waals surface area contributed by atoms with Crippen LogP contribution >= 0.6 is 23.2 Å². The molecule has 0 saturated heterocycles. The Balaban J connectivity index is 1.56. The van der Waals surface area contributed by atoms with Crippen molar-refractivity contribution in [2.75, 3.05) is 20.3 Å². The number of aliphatic hydroxyl groups excluding tert-OH is 1. The minimum Gasteiger partial charge on any atom is -0.497 e. The van der Waals surface area contributed by atoms with Gasteiger partial charge in [0.15, 0.2) is 11.6 Å². The predicted octanol–water partition coefficient (Wildman–Crippen LogP) is 7.03. The lowest BCUT2D eigenvalue weighted by atomic mass is 9.81. The van der Waals surface area contributed by atoms with E-state index in [1.54, 1.807) is 73.8 Å². The minimum absolute atomic E-state index is 0.00623. The zero-order valence-corrected chi connectivity index (χ0v) is 26.9. The lowest BCUT2D eigenvalue weighted by Crippen LogP contribution is -2.53. The summed E-state index contributed by atoms with van der Waals surface area (Å²) in [5.74, 6) is 1.02. The van der Waals surface area contributed by atoms with Crippen LogP contribution in [0.5, 0.6) is 11.5 Å². The maximum Gasteiger partial charge on any atom is 0.266 e. The maximum atomic E-state index is 14.5. The molecule has 0 spiro atoms. The first-order valence-electron chi connectivity index (χ1n) is 14.7. The molecule has 0 aliphatic carbocycles. The van der Waals surface area contributed by atoms with E-state index < -0.39 is 17.6 Å². The summed E-state index contributed by atoms with van der Waals surface area (Å²) < 4.78 is 17.5. The van der Waals surface area contributed by atoms with Gasteiger partial charge in [-0.25, -0.2) is 10.4 Å². The van der Waals surface area contributed by atoms with E-state index in [0.29, 0.717) is 63.5 Å². The highest BCUT2D eigenvalue weighted by atomic mass is 35.5. The number of amides is 1. The van der Waals surface area contributed by atoms with E-state index in [1.807, 2.05) is 24.3 Å². The molecular formula is C34H32Cl2N6O5. The first kappa shape index (κ1) is 33.6. The van der Waals surface area contributed by atoms with Crippen LogP contribution in [0, 0.1) is 0 Å². The average molecular weight is 676 g/mol. The van der Waals surface area contributed by atoms with Gasteiger partial charge in [0.2, 0.25) is 5.90 Å². The summed E-state index contributed by atoms with van der Waals surface area (Å²) in [6.45, 7) is 0.698. The third-order valence-corrected chi connectivity index (χ3v) is 8.09. The van der Waals surface area contributed by atoms with E-state index >= 15 is 0 Å². The van der Waals surface area contributed by atoms with Crippen molar-refractivity contribution < 1.29 is 24.1 Å². The second kappa shape index (κ2) is 15.7. The molecule has 0 bridgehead atoms. The Morgan fingerprint density at radius 2 is 1.81 bits per heavy atom. The summed E-state index contributed by atoms with van der Waals surface area (Å²) in [6, 6.07) is 26.4. The molecule has 242 valence electrons. The Labute approximate surface area is 281 Å². The van der Waals surface area contributed by atoms with Gasteiger partial charge in [0.25, 0.3) is 5.91 Å². The normalized spacial score (nSPS) is 16.9. The number of ether oxygens (including phenoxy) is 3. The zero-order chi connectivity index (χ0) is 33.2. The first-order valence-corrected chi connectivity index (χ1v) is 15.5. The molecule has 13 heteroatoms. The largest absolute Gasteiger partial charge is 0.497 e. The lowest BCUT2D eigenvalue weighted by molar-refractivity contribution is -0.130. The van der Waals surface area contributed by atoms with Gasteiger partial charge in [0, 0.05) is 57.8 Å². The highest BCUT2D eigenvalue weighted by molar-refractivity contribution is 6.35. The number of nitrogens with one attached hydrogen (secondary N) is 2. The number of nitrogens with zero attached hydrogens (tertiary/aromatic N) is 4. The SMILES string of the molecule is COc1ccc(CNNC(=O)[C@@]2(Cc3ccccc3N=[N+]=[N-])N=C(c3ccc(OCCCO)cc3)O[C@H]2c2ccc(Cl)cc2Cl)cc1. The molecule has 1 aliphatic rings. The summed E-state index contributed by atoms with van der Waals surface area (Å²) in [5, 5.41) is 13.6. The molecule has 1 heterocycles. The molecule has 0 radical (unpaired) electrons. The van der Waals surface area contributed by atoms with E-state index in [2.05, 4.69) is 20.9 Å². The van der Waals surface area contributed by atoms with Crippen molar-refractivity contribution in [1.82, 2.24) is 10.9 Å². The summed E-state index contributed by atoms with van der Waals surface area (Å²) in [4.78, 5) is 22.4. The van der Waals surface area contributed by atoms with Crippen molar-refractivity contribution >= 4 is 40.7 Å². The molecule has 0 aromatic heterocycles. The van der Waals surface area contributed by atoms with Gasteiger partial charge in [-0.2, -0.15) is 0 Å². The van der Waals surface area contributed by atoms with E-state index in [4.69, 9.17) is 47.5 Å². The lowest BCUT2D eigenvalue weighted by Gasteiger charge is -2.31. The van der Waals surface area contributed by atoms with E-state index in [1.165, 1.54) is 0 Å². The van der Waals surface area contributed by atoms with Crippen LogP contribution in [-0.4, -0.2) is 42.8 Å². The Morgan fingerprint density at radius 1 is 1.06 bits per heavy atom. The molecule has 5 rings (SSSR count). The molecule has 0 saturated carbocycles. The van der Waals surface area contributed by atoms with Gasteiger partial charge in [-0.15, -0.1) is 0 Å². The highest BCUT2D eigenvalue weighted by Gasteiger charge is 2.54. The van der Waals surface area contributed by atoms with Gasteiger partial charge in [-0.1, -0.05) is 70.8 Å². The number of hydrogen-bond acceptors (Lipinski definition) is 8. The molecular weight excluding hydrogens is 643 g/mol. The summed E-state index contributed by atoms with van der Waals surface area (Å²) in [7, 11) is 1.59. The molecule has 4 aromatic rings. The monoisotopic (exact) mass is 674 g/mol. The van der Waals surface area contributed by atoms with Crippen LogP contribution < -0.4 is 20.3 Å². The second-order valence-corrected chi connectivity index (χ2v) is 11.4. The molecule has 2 atom stereocenters. The maximum absolute atomic E-state index is 14.5. The fourth-order valence-corrected chi connectivity index (χ4v) is 5.66. The van der Waals surface area contributed by atoms with Crippen LogP contribution in [0.3, 0.4) is 0 Å². The van der Waals surface area contributed by atoms with Gasteiger partial charge < -0.3 is 19.3 Å². The number of carbonyl (C=O) groups excluding carboxylic acids is 1. The first-order chi connectivity index (χ1) is 22.9. The van der Waals surface area contributed by atoms with Crippen LogP contribution in [-0.2, 0) is 22.5 Å². The van der Waals surface area contributed by atoms with Crippen LogP contribution in [0.1, 0.15) is 34.8 Å². The number of methoxy groups -OCH3 is 1. The van der Waals surface area contributed by atoms with Gasteiger partial charge in [0.05, 0.1) is 13.7 Å². The number of hydrogen-bond donors (Lipinski definition) is 3. The molecule has 11 nitrogen and oxygen atoms in total. The van der Waals surface area contributed by atoms with Gasteiger partial charge in [-0.05, 0) is 65.2 Å². The molecule has 3 N–H and O–H groups in total. The Kier molecular flexibility index (Phi) is 11.2. The minimum atomic E-state index is -1.63. The number of aliphatic hydroxyl groups is 1. The van der Waals surface area contributed by atoms with E-state index in [9.17, 15) is 10.3 Å². The highest BCUT2D eigenvalue weighted by Crippen LogP contribution is 2.46. The van der Waals surface area contributed by atoms with Crippen molar-refractivity contribution in [3.8, 4) is 11.5 Å². The van der Waals surface area contributed by atoms with Crippen LogP contribution in [0.2, 0.25) is 10.0 Å². The topological polar surface area (TPSA) is 150 Å². The number of rotatable bonds is 14. The number of aliphatic imine (C=N–C) groups is 1. The summed E-state index contributed by atoms with van der Waals surface area (Å²) in [5.41, 5.74) is 16.4. The number of hydrazine groups is 1. The predicted molar refractivity (Wildman–Crippen MR) is 180 cm³/mol. The van der Waals surface area contributed by atoms with Gasteiger partial charge in [-0.3, -0.25) is 10.2 Å².